The van der Waals surface area contributed by atoms with Crippen LogP contribution in [-0.4, -0.2) is 53.5 Å². The zero-order chi connectivity index (χ0) is 15.1. The molecule has 1 saturated heterocycles. The van der Waals surface area contributed by atoms with Crippen molar-refractivity contribution < 1.29 is 24.3 Å². The zero-order valence-corrected chi connectivity index (χ0v) is 11.3. The molecule has 0 radical (unpaired) electrons. The summed E-state index contributed by atoms with van der Waals surface area (Å²) in [6.45, 7) is 2.59. The molecule has 112 valence electrons. The Kier molecular flexibility index (Phi) is 5.95. The summed E-state index contributed by atoms with van der Waals surface area (Å²) in [5.41, 5.74) is 0. The molecule has 3 N–H and O–H groups in total. The standard InChI is InChI=1S/C12H19N3O5/c1-8(7-11(18)19)6-10(17)14-12(20)15-4-2-9(16)13-3-5-15/h8H,2-7H2,1H3,(H,13,16)(H,18,19)(H,14,17,20). The number of hydrogen-bond donors (Lipinski definition) is 3. The van der Waals surface area contributed by atoms with Gasteiger partial charge in [0, 0.05) is 38.9 Å². The topological polar surface area (TPSA) is 116 Å². The first-order valence-corrected chi connectivity index (χ1v) is 6.45. The molecule has 8 nitrogen and oxygen atoms in total. The first kappa shape index (κ1) is 15.9. The van der Waals surface area contributed by atoms with Gasteiger partial charge in [-0.15, -0.1) is 0 Å². The number of aliphatic carboxylic acids is 1. The second-order valence-corrected chi connectivity index (χ2v) is 4.85. The van der Waals surface area contributed by atoms with Crippen LogP contribution in [0.2, 0.25) is 0 Å². The highest BCUT2D eigenvalue weighted by Crippen LogP contribution is 2.07. The molecular formula is C12H19N3O5. The maximum atomic E-state index is 11.8. The Morgan fingerprint density at radius 2 is 2.05 bits per heavy atom. The Morgan fingerprint density at radius 3 is 2.70 bits per heavy atom. The quantitative estimate of drug-likeness (QED) is 0.646. The van der Waals surface area contributed by atoms with E-state index < -0.39 is 17.9 Å². The van der Waals surface area contributed by atoms with E-state index >= 15 is 0 Å². The Morgan fingerprint density at radius 1 is 1.35 bits per heavy atom. The van der Waals surface area contributed by atoms with Crippen LogP contribution < -0.4 is 10.6 Å². The lowest BCUT2D eigenvalue weighted by Gasteiger charge is -2.19. The Labute approximate surface area is 116 Å². The third kappa shape index (κ3) is 5.68. The lowest BCUT2D eigenvalue weighted by molar-refractivity contribution is -0.138. The number of urea groups is 1. The monoisotopic (exact) mass is 285 g/mol. The van der Waals surface area contributed by atoms with Gasteiger partial charge in [0.2, 0.25) is 11.8 Å². The second kappa shape index (κ2) is 7.46. The van der Waals surface area contributed by atoms with Crippen LogP contribution in [0.5, 0.6) is 0 Å². The van der Waals surface area contributed by atoms with Gasteiger partial charge < -0.3 is 15.3 Å². The van der Waals surface area contributed by atoms with E-state index in [-0.39, 0.29) is 37.6 Å². The molecule has 1 heterocycles. The van der Waals surface area contributed by atoms with Crippen molar-refractivity contribution in [2.75, 3.05) is 19.6 Å². The number of imide groups is 1. The van der Waals surface area contributed by atoms with Gasteiger partial charge in [-0.1, -0.05) is 6.92 Å². The van der Waals surface area contributed by atoms with Crippen molar-refractivity contribution in [2.24, 2.45) is 5.92 Å². The second-order valence-electron chi connectivity index (χ2n) is 4.85. The van der Waals surface area contributed by atoms with Crippen LogP contribution >= 0.6 is 0 Å². The highest BCUT2D eigenvalue weighted by Gasteiger charge is 2.21. The van der Waals surface area contributed by atoms with Gasteiger partial charge in [-0.3, -0.25) is 19.7 Å². The van der Waals surface area contributed by atoms with Gasteiger partial charge in [-0.2, -0.15) is 0 Å². The van der Waals surface area contributed by atoms with Crippen molar-refractivity contribution in [1.29, 1.82) is 0 Å². The first-order valence-electron chi connectivity index (χ1n) is 6.45. The van der Waals surface area contributed by atoms with Crippen molar-refractivity contribution >= 4 is 23.8 Å². The molecule has 0 spiro atoms. The Balaban J connectivity index is 2.39. The average Bonchev–Trinajstić information content (AvgIpc) is 2.52. The smallest absolute Gasteiger partial charge is 0.324 e. The maximum absolute atomic E-state index is 11.8. The highest BCUT2D eigenvalue weighted by atomic mass is 16.4. The van der Waals surface area contributed by atoms with Crippen LogP contribution in [0, 0.1) is 5.92 Å². The van der Waals surface area contributed by atoms with Crippen LogP contribution in [0.1, 0.15) is 26.2 Å². The van der Waals surface area contributed by atoms with E-state index in [4.69, 9.17) is 5.11 Å². The number of carboxylic acid groups (broad SMARTS) is 1. The molecule has 20 heavy (non-hydrogen) atoms. The van der Waals surface area contributed by atoms with Crippen LogP contribution in [0.25, 0.3) is 0 Å². The van der Waals surface area contributed by atoms with Crippen LogP contribution in [0.15, 0.2) is 0 Å². The van der Waals surface area contributed by atoms with E-state index in [0.717, 1.165) is 0 Å². The zero-order valence-electron chi connectivity index (χ0n) is 11.3. The molecular weight excluding hydrogens is 266 g/mol. The number of amides is 4. The predicted molar refractivity (Wildman–Crippen MR) is 68.8 cm³/mol. The van der Waals surface area contributed by atoms with Crippen molar-refractivity contribution in [2.45, 2.75) is 26.2 Å². The molecule has 1 unspecified atom stereocenters. The minimum atomic E-state index is -0.978. The van der Waals surface area contributed by atoms with Gasteiger partial charge in [0.1, 0.15) is 0 Å². The molecule has 4 amide bonds. The summed E-state index contributed by atoms with van der Waals surface area (Å²) in [4.78, 5) is 46.4. The number of carbonyl (C=O) groups is 4. The Hall–Kier alpha value is -2.12. The molecule has 0 aromatic heterocycles. The molecule has 0 bridgehead atoms. The van der Waals surface area contributed by atoms with Gasteiger partial charge in [-0.05, 0) is 5.92 Å². The molecule has 1 rings (SSSR count). The number of rotatable bonds is 4. The molecule has 1 fully saturated rings. The van der Waals surface area contributed by atoms with Crippen molar-refractivity contribution in [1.82, 2.24) is 15.5 Å². The van der Waals surface area contributed by atoms with Crippen LogP contribution in [0.3, 0.4) is 0 Å². The molecule has 1 aliphatic rings. The number of carbonyl (C=O) groups excluding carboxylic acids is 3. The van der Waals surface area contributed by atoms with Crippen LogP contribution in [-0.2, 0) is 14.4 Å². The fourth-order valence-electron chi connectivity index (χ4n) is 1.91. The maximum Gasteiger partial charge on any atom is 0.324 e. The van der Waals surface area contributed by atoms with Crippen molar-refractivity contribution in [3.05, 3.63) is 0 Å². The van der Waals surface area contributed by atoms with Crippen LogP contribution in [0.4, 0.5) is 4.79 Å². The summed E-state index contributed by atoms with van der Waals surface area (Å²) in [6, 6.07) is -0.547. The summed E-state index contributed by atoms with van der Waals surface area (Å²) in [5, 5.41) is 13.4. The SMILES string of the molecule is CC(CC(=O)O)CC(=O)NC(=O)N1CCNC(=O)CC1. The molecule has 1 atom stereocenters. The van der Waals surface area contributed by atoms with Gasteiger partial charge in [0.25, 0.3) is 0 Å². The molecule has 8 heteroatoms. The average molecular weight is 285 g/mol. The molecule has 0 aromatic carbocycles. The Bertz CT molecular complexity index is 410. The largest absolute Gasteiger partial charge is 0.481 e. The third-order valence-electron chi connectivity index (χ3n) is 2.90. The molecule has 0 aliphatic carbocycles. The van der Waals surface area contributed by atoms with E-state index in [1.807, 2.05) is 0 Å². The summed E-state index contributed by atoms with van der Waals surface area (Å²) >= 11 is 0. The van der Waals surface area contributed by atoms with Gasteiger partial charge in [0.15, 0.2) is 0 Å². The summed E-state index contributed by atoms with van der Waals surface area (Å²) in [5.74, 6) is -1.95. The summed E-state index contributed by atoms with van der Waals surface area (Å²) < 4.78 is 0. The minimum absolute atomic E-state index is 0.0247. The number of nitrogens with one attached hydrogen (secondary N) is 2. The van der Waals surface area contributed by atoms with E-state index in [1.54, 1.807) is 6.92 Å². The lowest BCUT2D eigenvalue weighted by Crippen LogP contribution is -2.44. The van der Waals surface area contributed by atoms with E-state index in [9.17, 15) is 19.2 Å². The summed E-state index contributed by atoms with van der Waals surface area (Å²) in [6.07, 6.45) is 0.0594. The third-order valence-corrected chi connectivity index (χ3v) is 2.90. The predicted octanol–water partition coefficient (Wildman–Crippen LogP) is -0.455. The van der Waals surface area contributed by atoms with Gasteiger partial charge in [0.05, 0.1) is 0 Å². The normalized spacial score (nSPS) is 16.9. The lowest BCUT2D eigenvalue weighted by atomic mass is 10.0. The molecule has 1 aliphatic heterocycles. The first-order chi connectivity index (χ1) is 9.38. The van der Waals surface area contributed by atoms with Gasteiger partial charge in [-0.25, -0.2) is 4.79 Å². The van der Waals surface area contributed by atoms with Crippen molar-refractivity contribution in [3.63, 3.8) is 0 Å². The fourth-order valence-corrected chi connectivity index (χ4v) is 1.91. The molecule has 0 aromatic rings. The molecule has 0 saturated carbocycles. The fraction of sp³-hybridized carbons (Fsp3) is 0.667. The number of nitrogens with zero attached hydrogens (tertiary/aromatic N) is 1. The minimum Gasteiger partial charge on any atom is -0.481 e. The summed E-state index contributed by atoms with van der Waals surface area (Å²) in [7, 11) is 0. The number of carboxylic acids is 1. The van der Waals surface area contributed by atoms with E-state index in [1.165, 1.54) is 4.90 Å². The van der Waals surface area contributed by atoms with E-state index in [2.05, 4.69) is 10.6 Å². The number of hydrogen-bond acceptors (Lipinski definition) is 4. The van der Waals surface area contributed by atoms with Gasteiger partial charge >= 0.3 is 12.0 Å². The highest BCUT2D eigenvalue weighted by molar-refractivity contribution is 5.94. The van der Waals surface area contributed by atoms with E-state index in [0.29, 0.717) is 13.1 Å². The van der Waals surface area contributed by atoms with Crippen molar-refractivity contribution in [3.8, 4) is 0 Å².